The molecule has 0 aliphatic heterocycles. The van der Waals surface area contributed by atoms with Crippen LogP contribution in [0.3, 0.4) is 0 Å². The molecule has 2 aromatic rings. The van der Waals surface area contributed by atoms with Gasteiger partial charge in [0.1, 0.15) is 18.1 Å². The lowest BCUT2D eigenvalue weighted by atomic mass is 10.2. The predicted molar refractivity (Wildman–Crippen MR) is 73.5 cm³/mol. The Hall–Kier alpha value is -2.00. The van der Waals surface area contributed by atoms with Crippen LogP contribution in [-0.4, -0.2) is 5.97 Å². The van der Waals surface area contributed by atoms with Crippen molar-refractivity contribution in [2.24, 2.45) is 0 Å². The lowest BCUT2D eigenvalue weighted by molar-refractivity contribution is -0.131. The molecular formula is C15H13ClO3. The molecule has 0 N–H and O–H groups in total. The molecule has 0 radical (unpaired) electrons. The maximum absolute atomic E-state index is 11.0. The second-order valence-corrected chi connectivity index (χ2v) is 4.38. The van der Waals surface area contributed by atoms with E-state index in [9.17, 15) is 4.79 Å². The van der Waals surface area contributed by atoms with Gasteiger partial charge in [-0.3, -0.25) is 4.79 Å². The van der Waals surface area contributed by atoms with Gasteiger partial charge >= 0.3 is 5.97 Å². The van der Waals surface area contributed by atoms with Gasteiger partial charge < -0.3 is 9.47 Å². The normalized spacial score (nSPS) is 10.0. The van der Waals surface area contributed by atoms with Crippen molar-refractivity contribution in [3.8, 4) is 11.5 Å². The Labute approximate surface area is 116 Å². The zero-order valence-corrected chi connectivity index (χ0v) is 11.2. The monoisotopic (exact) mass is 276 g/mol. The van der Waals surface area contributed by atoms with E-state index >= 15 is 0 Å². The van der Waals surface area contributed by atoms with E-state index < -0.39 is 0 Å². The lowest BCUT2D eigenvalue weighted by Gasteiger charge is -2.10. The van der Waals surface area contributed by atoms with Crippen molar-refractivity contribution in [2.45, 2.75) is 13.5 Å². The summed E-state index contributed by atoms with van der Waals surface area (Å²) in [6.07, 6.45) is 0. The second-order valence-electron chi connectivity index (χ2n) is 3.95. The van der Waals surface area contributed by atoms with Gasteiger partial charge in [0.25, 0.3) is 0 Å². The number of esters is 1. The number of carbonyl (C=O) groups excluding carboxylic acids is 1. The topological polar surface area (TPSA) is 35.5 Å². The maximum Gasteiger partial charge on any atom is 0.308 e. The van der Waals surface area contributed by atoms with E-state index in [1.165, 1.54) is 6.92 Å². The predicted octanol–water partition coefficient (Wildman–Crippen LogP) is 3.84. The third-order valence-electron chi connectivity index (χ3n) is 2.42. The highest BCUT2D eigenvalue weighted by Crippen LogP contribution is 2.22. The smallest absolute Gasteiger partial charge is 0.308 e. The zero-order valence-electron chi connectivity index (χ0n) is 10.4. The fourth-order valence-corrected chi connectivity index (χ4v) is 1.78. The summed E-state index contributed by atoms with van der Waals surface area (Å²) in [6.45, 7) is 1.68. The highest BCUT2D eigenvalue weighted by molar-refractivity contribution is 6.30. The average Bonchev–Trinajstić information content (AvgIpc) is 2.37. The molecule has 2 rings (SSSR count). The molecule has 0 saturated heterocycles. The van der Waals surface area contributed by atoms with E-state index in [0.717, 1.165) is 5.56 Å². The summed E-state index contributed by atoms with van der Waals surface area (Å²) in [7, 11) is 0. The summed E-state index contributed by atoms with van der Waals surface area (Å²) in [5.74, 6) is 0.831. The van der Waals surface area contributed by atoms with E-state index in [1.807, 2.05) is 24.3 Å². The minimum Gasteiger partial charge on any atom is -0.489 e. The highest BCUT2D eigenvalue weighted by Gasteiger charge is 2.06. The molecule has 19 heavy (non-hydrogen) atoms. The standard InChI is InChI=1S/C15H13ClO3/c1-11(17)19-15-8-3-2-5-12(15)10-18-14-7-4-6-13(16)9-14/h2-9H,10H2,1H3. The first-order valence-corrected chi connectivity index (χ1v) is 6.17. The minimum atomic E-state index is -0.352. The highest BCUT2D eigenvalue weighted by atomic mass is 35.5. The quantitative estimate of drug-likeness (QED) is 0.629. The van der Waals surface area contributed by atoms with Gasteiger partial charge in [-0.2, -0.15) is 0 Å². The van der Waals surface area contributed by atoms with Gasteiger partial charge in [0, 0.05) is 17.5 Å². The SMILES string of the molecule is CC(=O)Oc1ccccc1COc1cccc(Cl)c1. The molecule has 0 saturated carbocycles. The van der Waals surface area contributed by atoms with Crippen LogP contribution < -0.4 is 9.47 Å². The van der Waals surface area contributed by atoms with E-state index in [2.05, 4.69) is 0 Å². The fourth-order valence-electron chi connectivity index (χ4n) is 1.60. The zero-order chi connectivity index (χ0) is 13.7. The molecule has 3 nitrogen and oxygen atoms in total. The number of para-hydroxylation sites is 1. The van der Waals surface area contributed by atoms with Gasteiger partial charge in [0.05, 0.1) is 0 Å². The van der Waals surface area contributed by atoms with Crippen molar-refractivity contribution in [1.82, 2.24) is 0 Å². The number of hydrogen-bond donors (Lipinski definition) is 0. The van der Waals surface area contributed by atoms with E-state index in [0.29, 0.717) is 23.1 Å². The van der Waals surface area contributed by atoms with E-state index in [4.69, 9.17) is 21.1 Å². The Morgan fingerprint density at radius 1 is 1.16 bits per heavy atom. The summed E-state index contributed by atoms with van der Waals surface area (Å²) in [6, 6.07) is 14.4. The van der Waals surface area contributed by atoms with Crippen molar-refractivity contribution < 1.29 is 14.3 Å². The van der Waals surface area contributed by atoms with Crippen molar-refractivity contribution in [2.75, 3.05) is 0 Å². The summed E-state index contributed by atoms with van der Waals surface area (Å²) in [5, 5.41) is 0.616. The molecule has 0 bridgehead atoms. The van der Waals surface area contributed by atoms with Crippen molar-refractivity contribution in [3.05, 3.63) is 59.1 Å². The van der Waals surface area contributed by atoms with Crippen LogP contribution in [0.4, 0.5) is 0 Å². The van der Waals surface area contributed by atoms with Crippen molar-refractivity contribution >= 4 is 17.6 Å². The molecule has 0 spiro atoms. The van der Waals surface area contributed by atoms with E-state index in [-0.39, 0.29) is 5.97 Å². The van der Waals surface area contributed by atoms with Crippen LogP contribution >= 0.6 is 11.6 Å². The van der Waals surface area contributed by atoms with Crippen LogP contribution in [-0.2, 0) is 11.4 Å². The van der Waals surface area contributed by atoms with Crippen molar-refractivity contribution in [3.63, 3.8) is 0 Å². The van der Waals surface area contributed by atoms with Crippen LogP contribution in [0.25, 0.3) is 0 Å². The minimum absolute atomic E-state index is 0.309. The van der Waals surface area contributed by atoms with Gasteiger partial charge in [-0.25, -0.2) is 0 Å². The average molecular weight is 277 g/mol. The first-order valence-electron chi connectivity index (χ1n) is 5.80. The number of benzene rings is 2. The van der Waals surface area contributed by atoms with Gasteiger partial charge in [-0.05, 0) is 24.3 Å². The fraction of sp³-hybridized carbons (Fsp3) is 0.133. The Morgan fingerprint density at radius 2 is 1.95 bits per heavy atom. The second kappa shape index (κ2) is 6.25. The van der Waals surface area contributed by atoms with Crippen LogP contribution in [0.15, 0.2) is 48.5 Å². The Morgan fingerprint density at radius 3 is 2.68 bits per heavy atom. The summed E-state index contributed by atoms with van der Waals surface area (Å²) in [5.41, 5.74) is 0.803. The van der Waals surface area contributed by atoms with Crippen LogP contribution in [0.1, 0.15) is 12.5 Å². The number of halogens is 1. The van der Waals surface area contributed by atoms with Crippen molar-refractivity contribution in [1.29, 1.82) is 0 Å². The number of rotatable bonds is 4. The number of hydrogen-bond acceptors (Lipinski definition) is 3. The lowest BCUT2D eigenvalue weighted by Crippen LogP contribution is -2.05. The number of carbonyl (C=O) groups is 1. The molecule has 0 atom stereocenters. The Kier molecular flexibility index (Phi) is 4.42. The Bertz CT molecular complexity index is 581. The molecule has 0 fully saturated rings. The van der Waals surface area contributed by atoms with Crippen LogP contribution in [0.2, 0.25) is 5.02 Å². The molecule has 0 aliphatic rings. The van der Waals surface area contributed by atoms with E-state index in [1.54, 1.807) is 24.3 Å². The molecular weight excluding hydrogens is 264 g/mol. The third kappa shape index (κ3) is 4.00. The molecule has 4 heteroatoms. The molecule has 2 aromatic carbocycles. The molecule has 0 amide bonds. The van der Waals surface area contributed by atoms with Gasteiger partial charge in [0.2, 0.25) is 0 Å². The number of ether oxygens (including phenoxy) is 2. The Balaban J connectivity index is 2.09. The van der Waals surface area contributed by atoms with Gasteiger partial charge in [-0.1, -0.05) is 35.9 Å². The largest absolute Gasteiger partial charge is 0.489 e. The first kappa shape index (κ1) is 13.4. The summed E-state index contributed by atoms with van der Waals surface area (Å²) in [4.78, 5) is 11.0. The summed E-state index contributed by atoms with van der Waals surface area (Å²) >= 11 is 5.88. The first-order chi connectivity index (χ1) is 9.15. The van der Waals surface area contributed by atoms with Gasteiger partial charge in [0.15, 0.2) is 0 Å². The molecule has 0 unspecified atom stereocenters. The maximum atomic E-state index is 11.0. The summed E-state index contributed by atoms with van der Waals surface area (Å²) < 4.78 is 10.7. The molecule has 0 heterocycles. The molecule has 0 aromatic heterocycles. The van der Waals surface area contributed by atoms with Gasteiger partial charge in [-0.15, -0.1) is 0 Å². The van der Waals surface area contributed by atoms with Crippen LogP contribution in [0.5, 0.6) is 11.5 Å². The molecule has 98 valence electrons. The third-order valence-corrected chi connectivity index (χ3v) is 2.65. The van der Waals surface area contributed by atoms with Crippen LogP contribution in [0, 0.1) is 0 Å². The molecule has 0 aliphatic carbocycles.